The number of carbonyl (C=O) groups is 1. The molecule has 3 aromatic heterocycles. The lowest BCUT2D eigenvalue weighted by Crippen LogP contribution is -2.24. The summed E-state index contributed by atoms with van der Waals surface area (Å²) in [6.07, 6.45) is 6.85. The highest BCUT2D eigenvalue weighted by Crippen LogP contribution is 2.14. The third kappa shape index (κ3) is 4.32. The molecule has 0 saturated heterocycles. The van der Waals surface area contributed by atoms with Gasteiger partial charge in [0.15, 0.2) is 0 Å². The number of aromatic nitrogens is 5. The Morgan fingerprint density at radius 1 is 1.25 bits per heavy atom. The van der Waals surface area contributed by atoms with Gasteiger partial charge in [-0.25, -0.2) is 9.97 Å². The molecule has 0 saturated carbocycles. The van der Waals surface area contributed by atoms with Crippen molar-refractivity contribution in [2.45, 2.75) is 19.4 Å². The smallest absolute Gasteiger partial charge is 0.227 e. The molecule has 8 nitrogen and oxygen atoms in total. The second kappa shape index (κ2) is 7.60. The number of rotatable bonds is 6. The quantitative estimate of drug-likeness (QED) is 0.726. The van der Waals surface area contributed by atoms with Crippen molar-refractivity contribution in [1.29, 1.82) is 0 Å². The molecule has 1 N–H and O–H groups in total. The maximum atomic E-state index is 11.8. The molecule has 0 bridgehead atoms. The third-order valence-corrected chi connectivity index (χ3v) is 3.27. The van der Waals surface area contributed by atoms with Crippen molar-refractivity contribution in [1.82, 2.24) is 30.4 Å². The normalized spacial score (nSPS) is 10.5. The van der Waals surface area contributed by atoms with Gasteiger partial charge in [0, 0.05) is 43.2 Å². The predicted molar refractivity (Wildman–Crippen MR) is 84.7 cm³/mol. The lowest BCUT2D eigenvalue weighted by atomic mass is 10.2. The Balaban J connectivity index is 1.48. The summed E-state index contributed by atoms with van der Waals surface area (Å²) in [6.45, 7) is 0.237. The number of pyridine rings is 1. The number of amides is 1. The molecule has 0 spiro atoms. The summed E-state index contributed by atoms with van der Waals surface area (Å²) in [5, 5.41) is 7.05. The predicted octanol–water partition coefficient (Wildman–Crippen LogP) is 1.82. The van der Waals surface area contributed by atoms with Crippen LogP contribution in [0.15, 0.2) is 41.4 Å². The van der Waals surface area contributed by atoms with Gasteiger partial charge in [0.05, 0.1) is 11.6 Å². The highest BCUT2D eigenvalue weighted by atomic mass is 35.5. The molecule has 122 valence electrons. The van der Waals surface area contributed by atoms with Crippen molar-refractivity contribution in [3.05, 3.63) is 53.7 Å². The van der Waals surface area contributed by atoms with E-state index in [1.54, 1.807) is 18.5 Å². The van der Waals surface area contributed by atoms with E-state index in [-0.39, 0.29) is 18.9 Å². The summed E-state index contributed by atoms with van der Waals surface area (Å²) in [5.74, 6) is 1.18. The second-order valence-corrected chi connectivity index (χ2v) is 5.28. The zero-order chi connectivity index (χ0) is 16.8. The first kappa shape index (κ1) is 16.0. The Morgan fingerprint density at radius 3 is 2.83 bits per heavy atom. The van der Waals surface area contributed by atoms with Crippen LogP contribution in [0.2, 0.25) is 5.02 Å². The number of hydrogen-bond acceptors (Lipinski definition) is 7. The molecule has 0 aliphatic heterocycles. The lowest BCUT2D eigenvalue weighted by Gasteiger charge is -2.02. The van der Waals surface area contributed by atoms with E-state index in [9.17, 15) is 4.79 Å². The number of aryl methyl sites for hydroxylation is 1. The van der Waals surface area contributed by atoms with Crippen molar-refractivity contribution in [2.24, 2.45) is 0 Å². The lowest BCUT2D eigenvalue weighted by molar-refractivity contribution is -0.121. The Bertz CT molecular complexity index is 806. The fraction of sp³-hybridized carbons (Fsp3) is 0.200. The van der Waals surface area contributed by atoms with Gasteiger partial charge in [-0.1, -0.05) is 16.8 Å². The highest BCUT2D eigenvalue weighted by molar-refractivity contribution is 6.30. The van der Waals surface area contributed by atoms with Crippen molar-refractivity contribution < 1.29 is 9.32 Å². The van der Waals surface area contributed by atoms with Crippen LogP contribution < -0.4 is 5.32 Å². The third-order valence-electron chi connectivity index (χ3n) is 3.07. The number of hydrogen-bond donors (Lipinski definition) is 1. The van der Waals surface area contributed by atoms with Crippen LogP contribution in [0.4, 0.5) is 0 Å². The summed E-state index contributed by atoms with van der Waals surface area (Å²) in [7, 11) is 0. The number of carbonyl (C=O) groups excluding carboxylic acids is 1. The van der Waals surface area contributed by atoms with Gasteiger partial charge in [-0.15, -0.1) is 0 Å². The van der Waals surface area contributed by atoms with E-state index in [0.29, 0.717) is 29.0 Å². The van der Waals surface area contributed by atoms with E-state index in [1.165, 1.54) is 12.4 Å². The van der Waals surface area contributed by atoms with Crippen LogP contribution in [-0.4, -0.2) is 31.0 Å². The average molecular weight is 345 g/mol. The molecule has 3 rings (SSSR count). The molecule has 0 aromatic carbocycles. The van der Waals surface area contributed by atoms with E-state index < -0.39 is 0 Å². The minimum absolute atomic E-state index is 0.158. The molecule has 0 aliphatic carbocycles. The fourth-order valence-electron chi connectivity index (χ4n) is 1.89. The number of nitrogens with one attached hydrogen (secondary N) is 1. The molecule has 0 unspecified atom stereocenters. The largest absolute Gasteiger partial charge is 0.349 e. The van der Waals surface area contributed by atoms with Crippen LogP contribution in [0.5, 0.6) is 0 Å². The first-order valence-electron chi connectivity index (χ1n) is 7.17. The number of nitrogens with zero attached hydrogens (tertiary/aromatic N) is 5. The van der Waals surface area contributed by atoms with Crippen molar-refractivity contribution >= 4 is 17.5 Å². The molecule has 3 heterocycles. The van der Waals surface area contributed by atoms with Gasteiger partial charge in [0.25, 0.3) is 0 Å². The topological polar surface area (TPSA) is 107 Å². The van der Waals surface area contributed by atoms with Crippen LogP contribution in [0, 0.1) is 0 Å². The van der Waals surface area contributed by atoms with Crippen molar-refractivity contribution in [3.8, 4) is 11.4 Å². The first-order chi connectivity index (χ1) is 11.7. The van der Waals surface area contributed by atoms with E-state index in [1.807, 2.05) is 6.07 Å². The fourth-order valence-corrected chi connectivity index (χ4v) is 1.98. The van der Waals surface area contributed by atoms with Gasteiger partial charge < -0.3 is 9.84 Å². The number of halogens is 1. The molecule has 1 amide bonds. The minimum Gasteiger partial charge on any atom is -0.349 e. The molecule has 3 aromatic rings. The van der Waals surface area contributed by atoms with Crippen molar-refractivity contribution in [2.75, 3.05) is 0 Å². The van der Waals surface area contributed by atoms with Crippen LogP contribution >= 0.6 is 11.6 Å². The summed E-state index contributed by atoms with van der Waals surface area (Å²) in [4.78, 5) is 28.1. The summed E-state index contributed by atoms with van der Waals surface area (Å²) in [6, 6.07) is 3.62. The molecule has 0 atom stereocenters. The van der Waals surface area contributed by atoms with Gasteiger partial charge >= 0.3 is 0 Å². The minimum atomic E-state index is -0.158. The van der Waals surface area contributed by atoms with E-state index in [2.05, 4.69) is 30.4 Å². The molecular formula is C15H13ClN6O2. The maximum Gasteiger partial charge on any atom is 0.227 e. The monoisotopic (exact) mass is 344 g/mol. The van der Waals surface area contributed by atoms with Crippen molar-refractivity contribution in [3.63, 3.8) is 0 Å². The van der Waals surface area contributed by atoms with Crippen LogP contribution in [0.1, 0.15) is 18.1 Å². The zero-order valence-electron chi connectivity index (χ0n) is 12.5. The molecule has 24 heavy (non-hydrogen) atoms. The summed E-state index contributed by atoms with van der Waals surface area (Å²) < 4.78 is 5.14. The Labute approximate surface area is 142 Å². The molecule has 9 heteroatoms. The van der Waals surface area contributed by atoms with E-state index >= 15 is 0 Å². The Kier molecular flexibility index (Phi) is 5.07. The molecule has 0 fully saturated rings. The Hall–Kier alpha value is -2.87. The maximum absolute atomic E-state index is 11.8. The van der Waals surface area contributed by atoms with Gasteiger partial charge in [-0.2, -0.15) is 4.98 Å². The molecular weight excluding hydrogens is 332 g/mol. The van der Waals surface area contributed by atoms with Crippen LogP contribution in [-0.2, 0) is 17.8 Å². The average Bonchev–Trinajstić information content (AvgIpc) is 3.09. The standard InChI is InChI=1S/C15H13ClN6O2/c16-11-7-18-12(19-8-11)9-20-13(23)3-4-14-21-15(22-24-14)10-2-1-5-17-6-10/h1-2,5-8H,3-4,9H2,(H,20,23). The van der Waals surface area contributed by atoms with Gasteiger partial charge in [-0.05, 0) is 12.1 Å². The van der Waals surface area contributed by atoms with Crippen LogP contribution in [0.3, 0.4) is 0 Å². The molecule has 0 aliphatic rings. The van der Waals surface area contributed by atoms with E-state index in [0.717, 1.165) is 5.56 Å². The summed E-state index contributed by atoms with van der Waals surface area (Å²) >= 11 is 5.70. The van der Waals surface area contributed by atoms with Gasteiger partial charge in [0.1, 0.15) is 5.82 Å². The molecule has 0 radical (unpaired) electrons. The first-order valence-corrected chi connectivity index (χ1v) is 7.54. The van der Waals surface area contributed by atoms with E-state index in [4.69, 9.17) is 16.1 Å². The zero-order valence-corrected chi connectivity index (χ0v) is 13.3. The Morgan fingerprint density at radius 2 is 2.08 bits per heavy atom. The van der Waals surface area contributed by atoms with Crippen LogP contribution in [0.25, 0.3) is 11.4 Å². The second-order valence-electron chi connectivity index (χ2n) is 4.85. The SMILES string of the molecule is O=C(CCc1nc(-c2cccnc2)no1)NCc1ncc(Cl)cn1. The van der Waals surface area contributed by atoms with Gasteiger partial charge in [-0.3, -0.25) is 9.78 Å². The highest BCUT2D eigenvalue weighted by Gasteiger charge is 2.11. The summed E-state index contributed by atoms with van der Waals surface area (Å²) in [5.41, 5.74) is 0.761. The van der Waals surface area contributed by atoms with Gasteiger partial charge in [0.2, 0.25) is 17.6 Å².